The van der Waals surface area contributed by atoms with Crippen LogP contribution in [0.1, 0.15) is 50.7 Å². The van der Waals surface area contributed by atoms with Crippen molar-refractivity contribution in [2.45, 2.75) is 76.7 Å². The number of rotatable bonds is 7. The number of carbonyl (C=O) groups excluding carboxylic acids is 3. The fourth-order valence-corrected chi connectivity index (χ4v) is 6.52. The molecular formula is C25H35N3O5. The molecule has 4 rings (SSSR count). The van der Waals surface area contributed by atoms with E-state index in [4.69, 9.17) is 4.74 Å². The average Bonchev–Trinajstić information content (AvgIpc) is 3.41. The summed E-state index contributed by atoms with van der Waals surface area (Å²) in [5.41, 5.74) is 0.713. The third kappa shape index (κ3) is 3.21. The van der Waals surface area contributed by atoms with Gasteiger partial charge in [-0.15, -0.1) is 0 Å². The van der Waals surface area contributed by atoms with E-state index in [0.717, 1.165) is 11.1 Å². The molecule has 3 aliphatic rings. The molecule has 3 aliphatic heterocycles. The van der Waals surface area contributed by atoms with Crippen LogP contribution in [0.3, 0.4) is 0 Å². The van der Waals surface area contributed by atoms with Gasteiger partial charge in [0.05, 0.1) is 30.1 Å². The molecule has 3 saturated heterocycles. The highest BCUT2D eigenvalue weighted by Crippen LogP contribution is 2.64. The van der Waals surface area contributed by atoms with Gasteiger partial charge in [0.1, 0.15) is 11.6 Å². The van der Waals surface area contributed by atoms with Crippen LogP contribution in [0.2, 0.25) is 0 Å². The number of nitrogens with one attached hydrogen (secondary N) is 2. The van der Waals surface area contributed by atoms with Crippen molar-refractivity contribution >= 4 is 23.4 Å². The SMILES string of the molecule is CC[C@@H](CO)N1C(=O)[C@@H]2[C@@H](C(=O)NC)[C@@]3(CC)CCC2(O3)C1C(=O)Nc1c(C)cccc1C. The molecule has 1 aromatic rings. The average molecular weight is 458 g/mol. The van der Waals surface area contributed by atoms with Crippen LogP contribution in [-0.2, 0) is 19.1 Å². The highest BCUT2D eigenvalue weighted by atomic mass is 16.5. The number of carbonyl (C=O) groups is 3. The summed E-state index contributed by atoms with van der Waals surface area (Å²) in [5.74, 6) is -2.25. The minimum absolute atomic E-state index is 0.232. The molecule has 3 heterocycles. The number of ether oxygens (including phenoxy) is 1. The first-order chi connectivity index (χ1) is 15.7. The van der Waals surface area contributed by atoms with Crippen molar-refractivity contribution in [1.82, 2.24) is 10.2 Å². The smallest absolute Gasteiger partial charge is 0.250 e. The van der Waals surface area contributed by atoms with Gasteiger partial charge < -0.3 is 25.4 Å². The lowest BCUT2D eigenvalue weighted by molar-refractivity contribution is -0.149. The molecule has 2 bridgehead atoms. The molecule has 8 heteroatoms. The predicted octanol–water partition coefficient (Wildman–Crippen LogP) is 1.91. The number of hydrogen-bond acceptors (Lipinski definition) is 5. The highest BCUT2D eigenvalue weighted by molar-refractivity contribution is 6.04. The summed E-state index contributed by atoms with van der Waals surface area (Å²) in [7, 11) is 1.56. The Labute approximate surface area is 195 Å². The molecule has 33 heavy (non-hydrogen) atoms. The summed E-state index contributed by atoms with van der Waals surface area (Å²) in [6.45, 7) is 7.43. The van der Waals surface area contributed by atoms with Gasteiger partial charge in [-0.1, -0.05) is 32.0 Å². The molecule has 3 amide bonds. The standard InChI is InChI=1S/C25H35N3O5/c1-6-16(13-29)28-20(22(31)27-19-14(3)9-8-10-15(19)4)25-12-11-24(7-2,33-25)17(21(30)26-5)18(25)23(28)32/h8-10,16-18,20,29H,6-7,11-13H2,1-5H3,(H,26,30)(H,27,31)/t16-,17-,18-,20?,24+,25?/m0/s1. The third-order valence-corrected chi connectivity index (χ3v) is 8.20. The van der Waals surface area contributed by atoms with E-state index in [1.165, 1.54) is 4.90 Å². The molecule has 2 unspecified atom stereocenters. The van der Waals surface area contributed by atoms with E-state index in [1.807, 2.05) is 45.9 Å². The van der Waals surface area contributed by atoms with Crippen LogP contribution in [0.15, 0.2) is 18.2 Å². The first kappa shape index (κ1) is 23.7. The van der Waals surface area contributed by atoms with Crippen molar-refractivity contribution in [3.05, 3.63) is 29.3 Å². The largest absolute Gasteiger partial charge is 0.394 e. The zero-order valence-electron chi connectivity index (χ0n) is 20.1. The van der Waals surface area contributed by atoms with Crippen molar-refractivity contribution in [3.8, 4) is 0 Å². The van der Waals surface area contributed by atoms with Gasteiger partial charge >= 0.3 is 0 Å². The third-order valence-electron chi connectivity index (χ3n) is 8.20. The topological polar surface area (TPSA) is 108 Å². The molecule has 0 saturated carbocycles. The second-order valence-corrected chi connectivity index (χ2v) is 9.69. The molecule has 0 aromatic heterocycles. The number of aliphatic hydroxyl groups excluding tert-OH is 1. The Balaban J connectivity index is 1.82. The Hall–Kier alpha value is -2.45. The van der Waals surface area contributed by atoms with Crippen molar-refractivity contribution in [2.75, 3.05) is 19.0 Å². The molecule has 180 valence electrons. The predicted molar refractivity (Wildman–Crippen MR) is 123 cm³/mol. The lowest BCUT2D eigenvalue weighted by atomic mass is 9.65. The number of benzene rings is 1. The van der Waals surface area contributed by atoms with Crippen LogP contribution in [0.4, 0.5) is 5.69 Å². The zero-order valence-corrected chi connectivity index (χ0v) is 20.1. The number of para-hydroxylation sites is 1. The summed E-state index contributed by atoms with van der Waals surface area (Å²) >= 11 is 0. The Morgan fingerprint density at radius 1 is 1.21 bits per heavy atom. The van der Waals surface area contributed by atoms with E-state index in [1.54, 1.807) is 7.05 Å². The fraction of sp³-hybridized carbons (Fsp3) is 0.640. The number of fused-ring (bicyclic) bond motifs is 1. The molecule has 6 atom stereocenters. The lowest BCUT2D eigenvalue weighted by Gasteiger charge is -2.37. The second-order valence-electron chi connectivity index (χ2n) is 9.69. The van der Waals surface area contributed by atoms with Crippen LogP contribution in [0.5, 0.6) is 0 Å². The summed E-state index contributed by atoms with van der Waals surface area (Å²) in [4.78, 5) is 42.3. The molecule has 1 aromatic carbocycles. The van der Waals surface area contributed by atoms with Crippen LogP contribution in [0, 0.1) is 25.7 Å². The van der Waals surface area contributed by atoms with Crippen molar-refractivity contribution in [3.63, 3.8) is 0 Å². The quantitative estimate of drug-likeness (QED) is 0.580. The Kier molecular flexibility index (Phi) is 6.03. The highest BCUT2D eigenvalue weighted by Gasteiger charge is 2.79. The number of likely N-dealkylation sites (tertiary alicyclic amines) is 1. The maximum Gasteiger partial charge on any atom is 0.250 e. The second kappa shape index (κ2) is 8.40. The van der Waals surface area contributed by atoms with Gasteiger partial charge in [-0.25, -0.2) is 0 Å². The first-order valence-electron chi connectivity index (χ1n) is 11.9. The number of nitrogens with zero attached hydrogens (tertiary/aromatic N) is 1. The van der Waals surface area contributed by atoms with Gasteiger partial charge in [0, 0.05) is 12.7 Å². The van der Waals surface area contributed by atoms with Crippen LogP contribution >= 0.6 is 0 Å². The fourth-order valence-electron chi connectivity index (χ4n) is 6.52. The molecule has 3 N–H and O–H groups in total. The Bertz CT molecular complexity index is 957. The van der Waals surface area contributed by atoms with Crippen molar-refractivity contribution in [1.29, 1.82) is 0 Å². The van der Waals surface area contributed by atoms with Gasteiger partial charge in [0.15, 0.2) is 0 Å². The van der Waals surface area contributed by atoms with Gasteiger partial charge in [0.2, 0.25) is 17.7 Å². The minimum Gasteiger partial charge on any atom is -0.394 e. The molecule has 3 fully saturated rings. The zero-order chi connectivity index (χ0) is 24.1. The Morgan fingerprint density at radius 3 is 2.42 bits per heavy atom. The lowest BCUT2D eigenvalue weighted by Crippen LogP contribution is -2.56. The number of hydrogen-bond donors (Lipinski definition) is 3. The molecule has 1 spiro atoms. The Morgan fingerprint density at radius 2 is 1.88 bits per heavy atom. The number of amides is 3. The van der Waals surface area contributed by atoms with Gasteiger partial charge in [-0.2, -0.15) is 0 Å². The number of anilines is 1. The normalized spacial score (nSPS) is 33.2. The first-order valence-corrected chi connectivity index (χ1v) is 11.9. The van der Waals surface area contributed by atoms with E-state index in [0.29, 0.717) is 31.4 Å². The maximum atomic E-state index is 13.9. The summed E-state index contributed by atoms with van der Waals surface area (Å²) in [5, 5.41) is 15.9. The minimum atomic E-state index is -1.09. The van der Waals surface area contributed by atoms with E-state index in [2.05, 4.69) is 10.6 Å². The van der Waals surface area contributed by atoms with Crippen LogP contribution < -0.4 is 10.6 Å². The van der Waals surface area contributed by atoms with Crippen molar-refractivity contribution in [2.24, 2.45) is 11.8 Å². The van der Waals surface area contributed by atoms with Crippen molar-refractivity contribution < 1.29 is 24.2 Å². The number of aliphatic hydroxyl groups is 1. The number of aryl methyl sites for hydroxylation is 2. The molecule has 0 radical (unpaired) electrons. The van der Waals surface area contributed by atoms with E-state index in [9.17, 15) is 19.5 Å². The molecule has 8 nitrogen and oxygen atoms in total. The molecular weight excluding hydrogens is 422 g/mol. The maximum absolute atomic E-state index is 13.9. The van der Waals surface area contributed by atoms with Gasteiger partial charge in [-0.05, 0) is 50.7 Å². The molecule has 0 aliphatic carbocycles. The van der Waals surface area contributed by atoms with Gasteiger partial charge in [0.25, 0.3) is 0 Å². The van der Waals surface area contributed by atoms with E-state index < -0.39 is 35.1 Å². The van der Waals surface area contributed by atoms with Gasteiger partial charge in [-0.3, -0.25) is 14.4 Å². The van der Waals surface area contributed by atoms with Crippen LogP contribution in [0.25, 0.3) is 0 Å². The summed E-state index contributed by atoms with van der Waals surface area (Å²) in [6, 6.07) is 4.33. The summed E-state index contributed by atoms with van der Waals surface area (Å²) in [6.07, 6.45) is 2.21. The summed E-state index contributed by atoms with van der Waals surface area (Å²) < 4.78 is 6.66. The van der Waals surface area contributed by atoms with Crippen LogP contribution in [-0.4, -0.2) is 64.7 Å². The monoisotopic (exact) mass is 457 g/mol. The van der Waals surface area contributed by atoms with E-state index >= 15 is 0 Å². The van der Waals surface area contributed by atoms with E-state index in [-0.39, 0.29) is 24.3 Å².